The van der Waals surface area contributed by atoms with Crippen LogP contribution in [0.15, 0.2) is 29.2 Å². The van der Waals surface area contributed by atoms with Crippen molar-refractivity contribution >= 4 is 15.7 Å². The van der Waals surface area contributed by atoms with Crippen LogP contribution in [0.4, 0.5) is 5.69 Å². The molecular formula is C15H25N3O2S. The zero-order chi connectivity index (χ0) is 15.3. The number of hydrogen-bond donors (Lipinski definition) is 2. The van der Waals surface area contributed by atoms with Crippen molar-refractivity contribution in [1.29, 1.82) is 0 Å². The van der Waals surface area contributed by atoms with E-state index >= 15 is 0 Å². The monoisotopic (exact) mass is 311 g/mol. The molecule has 0 aromatic heterocycles. The Hall–Kier alpha value is -1.11. The van der Waals surface area contributed by atoms with Crippen LogP contribution in [0.25, 0.3) is 0 Å². The van der Waals surface area contributed by atoms with Gasteiger partial charge in [0.25, 0.3) is 0 Å². The molecule has 0 aliphatic carbocycles. The van der Waals surface area contributed by atoms with Gasteiger partial charge < -0.3 is 10.2 Å². The van der Waals surface area contributed by atoms with E-state index in [9.17, 15) is 8.42 Å². The lowest BCUT2D eigenvalue weighted by molar-refractivity contribution is 0.394. The van der Waals surface area contributed by atoms with E-state index in [4.69, 9.17) is 0 Å². The standard InChI is InChI=1S/C15H25N3O2S/c1-3-9-16-14-6-4-5-7-15(14)21(19,20)17-11-13-8-10-18(2)12-13/h4-7,13,16-17H,3,8-12H2,1-2H3. The molecule has 0 spiro atoms. The number of nitrogens with one attached hydrogen (secondary N) is 2. The van der Waals surface area contributed by atoms with Gasteiger partial charge in [0.05, 0.1) is 5.69 Å². The van der Waals surface area contributed by atoms with E-state index in [1.54, 1.807) is 12.1 Å². The van der Waals surface area contributed by atoms with Gasteiger partial charge in [-0.1, -0.05) is 19.1 Å². The van der Waals surface area contributed by atoms with Gasteiger partial charge in [0.15, 0.2) is 0 Å². The molecule has 2 rings (SSSR count). The van der Waals surface area contributed by atoms with Crippen molar-refractivity contribution in [2.24, 2.45) is 5.92 Å². The molecule has 0 saturated carbocycles. The molecule has 0 radical (unpaired) electrons. The number of anilines is 1. The second kappa shape index (κ2) is 7.24. The van der Waals surface area contributed by atoms with E-state index in [1.165, 1.54) is 0 Å². The first-order valence-corrected chi connectivity index (χ1v) is 9.02. The van der Waals surface area contributed by atoms with Crippen LogP contribution in [0.5, 0.6) is 0 Å². The maximum absolute atomic E-state index is 12.5. The average Bonchev–Trinajstić information content (AvgIpc) is 2.89. The van der Waals surface area contributed by atoms with E-state index in [-0.39, 0.29) is 0 Å². The molecule has 1 unspecified atom stereocenters. The van der Waals surface area contributed by atoms with Crippen molar-refractivity contribution < 1.29 is 8.42 Å². The molecular weight excluding hydrogens is 286 g/mol. The second-order valence-corrected chi connectivity index (χ2v) is 7.43. The Morgan fingerprint density at radius 1 is 1.33 bits per heavy atom. The molecule has 1 aliphatic rings. The predicted molar refractivity (Wildman–Crippen MR) is 86.0 cm³/mol. The van der Waals surface area contributed by atoms with E-state index in [1.807, 2.05) is 12.1 Å². The summed E-state index contributed by atoms with van der Waals surface area (Å²) in [7, 11) is -1.39. The van der Waals surface area contributed by atoms with Crippen LogP contribution in [0.3, 0.4) is 0 Å². The molecule has 1 heterocycles. The topological polar surface area (TPSA) is 61.4 Å². The van der Waals surface area contributed by atoms with Gasteiger partial charge in [0.1, 0.15) is 4.90 Å². The van der Waals surface area contributed by atoms with Crippen molar-refractivity contribution in [1.82, 2.24) is 9.62 Å². The van der Waals surface area contributed by atoms with Crippen molar-refractivity contribution in [3.8, 4) is 0 Å². The molecule has 1 fully saturated rings. The number of hydrogen-bond acceptors (Lipinski definition) is 4. The third-order valence-corrected chi connectivity index (χ3v) is 5.27. The van der Waals surface area contributed by atoms with Crippen molar-refractivity contribution in [2.45, 2.75) is 24.7 Å². The number of sulfonamides is 1. The highest BCUT2D eigenvalue weighted by Crippen LogP contribution is 2.21. The number of rotatable bonds is 7. The van der Waals surface area contributed by atoms with Gasteiger partial charge in [0.2, 0.25) is 10.0 Å². The summed E-state index contributed by atoms with van der Waals surface area (Å²) >= 11 is 0. The second-order valence-electron chi connectivity index (χ2n) is 5.69. The largest absolute Gasteiger partial charge is 0.384 e. The van der Waals surface area contributed by atoms with E-state index < -0.39 is 10.0 Å². The summed E-state index contributed by atoms with van der Waals surface area (Å²) in [6, 6.07) is 7.08. The number of nitrogens with zero attached hydrogens (tertiary/aromatic N) is 1. The first-order valence-electron chi connectivity index (χ1n) is 7.54. The average molecular weight is 311 g/mol. The molecule has 2 N–H and O–H groups in total. The van der Waals surface area contributed by atoms with Crippen molar-refractivity contribution in [3.05, 3.63) is 24.3 Å². The Bertz CT molecular complexity index is 560. The summed E-state index contributed by atoms with van der Waals surface area (Å²) in [6.45, 7) is 5.33. The number of likely N-dealkylation sites (tertiary alicyclic amines) is 1. The fourth-order valence-corrected chi connectivity index (χ4v) is 3.90. The molecule has 1 saturated heterocycles. The quantitative estimate of drug-likeness (QED) is 0.805. The van der Waals surface area contributed by atoms with Gasteiger partial charge in [0, 0.05) is 19.6 Å². The van der Waals surface area contributed by atoms with Crippen molar-refractivity contribution in [2.75, 3.05) is 38.5 Å². The molecule has 0 amide bonds. The molecule has 1 aliphatic heterocycles. The molecule has 1 atom stereocenters. The van der Waals surface area contributed by atoms with Crippen LogP contribution in [-0.2, 0) is 10.0 Å². The molecule has 0 bridgehead atoms. The summed E-state index contributed by atoms with van der Waals surface area (Å²) in [4.78, 5) is 2.57. The Morgan fingerprint density at radius 3 is 2.76 bits per heavy atom. The summed E-state index contributed by atoms with van der Waals surface area (Å²) in [5.41, 5.74) is 0.676. The molecule has 5 nitrogen and oxygen atoms in total. The lowest BCUT2D eigenvalue weighted by atomic mass is 10.1. The maximum Gasteiger partial charge on any atom is 0.242 e. The zero-order valence-corrected chi connectivity index (χ0v) is 13.6. The summed E-state index contributed by atoms with van der Waals surface area (Å²) in [6.07, 6.45) is 2.00. The highest BCUT2D eigenvalue weighted by Gasteiger charge is 2.23. The smallest absolute Gasteiger partial charge is 0.242 e. The van der Waals surface area contributed by atoms with E-state index in [2.05, 4.69) is 28.9 Å². The lowest BCUT2D eigenvalue weighted by Crippen LogP contribution is -2.31. The Balaban J connectivity index is 2.05. The van der Waals surface area contributed by atoms with Crippen LogP contribution in [0.1, 0.15) is 19.8 Å². The van der Waals surface area contributed by atoms with Crippen LogP contribution < -0.4 is 10.0 Å². The highest BCUT2D eigenvalue weighted by atomic mass is 32.2. The van der Waals surface area contributed by atoms with Crippen LogP contribution in [-0.4, -0.2) is 46.5 Å². The van der Waals surface area contributed by atoms with Crippen LogP contribution in [0.2, 0.25) is 0 Å². The fraction of sp³-hybridized carbons (Fsp3) is 0.600. The minimum Gasteiger partial charge on any atom is -0.384 e. The predicted octanol–water partition coefficient (Wildman–Crippen LogP) is 1.74. The van der Waals surface area contributed by atoms with Gasteiger partial charge in [-0.05, 0) is 44.5 Å². The lowest BCUT2D eigenvalue weighted by Gasteiger charge is -2.15. The third kappa shape index (κ3) is 4.43. The van der Waals surface area contributed by atoms with E-state index in [0.717, 1.165) is 32.5 Å². The van der Waals surface area contributed by atoms with E-state index in [0.29, 0.717) is 23.0 Å². The summed E-state index contributed by atoms with van der Waals surface area (Å²) in [5.74, 6) is 0.403. The van der Waals surface area contributed by atoms with Gasteiger partial charge in [-0.25, -0.2) is 13.1 Å². The SMILES string of the molecule is CCCNc1ccccc1S(=O)(=O)NCC1CCN(C)C1. The molecule has 1 aromatic carbocycles. The molecule has 6 heteroatoms. The Labute approximate surface area is 127 Å². The number of para-hydroxylation sites is 1. The fourth-order valence-electron chi connectivity index (χ4n) is 2.60. The molecule has 1 aromatic rings. The van der Waals surface area contributed by atoms with Gasteiger partial charge >= 0.3 is 0 Å². The number of benzene rings is 1. The zero-order valence-electron chi connectivity index (χ0n) is 12.8. The van der Waals surface area contributed by atoms with Gasteiger partial charge in [-0.2, -0.15) is 0 Å². The third-order valence-electron chi connectivity index (χ3n) is 3.79. The van der Waals surface area contributed by atoms with Crippen LogP contribution in [0, 0.1) is 5.92 Å². The molecule has 118 valence electrons. The first kappa shape index (κ1) is 16.3. The summed E-state index contributed by atoms with van der Waals surface area (Å²) in [5, 5.41) is 3.18. The maximum atomic E-state index is 12.5. The Kier molecular flexibility index (Phi) is 5.61. The van der Waals surface area contributed by atoms with Crippen LogP contribution >= 0.6 is 0 Å². The van der Waals surface area contributed by atoms with Gasteiger partial charge in [-0.15, -0.1) is 0 Å². The summed E-state index contributed by atoms with van der Waals surface area (Å²) < 4.78 is 27.7. The first-order chi connectivity index (χ1) is 10.0. The van der Waals surface area contributed by atoms with Crippen molar-refractivity contribution in [3.63, 3.8) is 0 Å². The highest BCUT2D eigenvalue weighted by molar-refractivity contribution is 7.89. The molecule has 21 heavy (non-hydrogen) atoms. The minimum atomic E-state index is -3.46. The van der Waals surface area contributed by atoms with Gasteiger partial charge in [-0.3, -0.25) is 0 Å². The normalized spacial score (nSPS) is 19.8. The Morgan fingerprint density at radius 2 is 2.10 bits per heavy atom. The minimum absolute atomic E-state index is 0.338.